The van der Waals surface area contributed by atoms with Crippen LogP contribution in [0.5, 0.6) is 0 Å². The first-order chi connectivity index (χ1) is 12.0. The second-order valence-electron chi connectivity index (χ2n) is 7.23. The van der Waals surface area contributed by atoms with Crippen molar-refractivity contribution in [2.24, 2.45) is 11.8 Å². The van der Waals surface area contributed by atoms with E-state index in [0.717, 1.165) is 39.7 Å². The quantitative estimate of drug-likeness (QED) is 0.461. The Balaban J connectivity index is 0.00000243. The van der Waals surface area contributed by atoms with E-state index in [1.54, 1.807) is 17.7 Å². The lowest BCUT2D eigenvalue weighted by atomic mass is 10.1. The molecule has 140 valence electrons. The van der Waals surface area contributed by atoms with Gasteiger partial charge in [0.1, 0.15) is 17.0 Å². The second kappa shape index (κ2) is 9.03. The van der Waals surface area contributed by atoms with Crippen molar-refractivity contribution >= 4 is 51.4 Å². The summed E-state index contributed by atoms with van der Waals surface area (Å²) in [7, 11) is 0. The summed E-state index contributed by atoms with van der Waals surface area (Å²) in [6.45, 7) is 11.0. The van der Waals surface area contributed by atoms with Crippen LogP contribution in [0.2, 0.25) is 5.02 Å². The maximum atomic E-state index is 6.06. The van der Waals surface area contributed by atoms with E-state index in [0.29, 0.717) is 11.8 Å². The molecule has 0 amide bonds. The number of nitrogens with zero attached hydrogens (tertiary/aromatic N) is 3. The van der Waals surface area contributed by atoms with Crippen molar-refractivity contribution in [2.45, 2.75) is 27.7 Å². The van der Waals surface area contributed by atoms with Crippen LogP contribution < -0.4 is 4.90 Å². The van der Waals surface area contributed by atoms with Gasteiger partial charge in [-0.15, -0.1) is 23.7 Å². The highest BCUT2D eigenvalue weighted by Crippen LogP contribution is 2.38. The van der Waals surface area contributed by atoms with Crippen molar-refractivity contribution in [2.75, 3.05) is 18.0 Å². The summed E-state index contributed by atoms with van der Waals surface area (Å²) in [5.74, 6) is 2.18. The van der Waals surface area contributed by atoms with Crippen LogP contribution in [0.25, 0.3) is 21.3 Å². The fraction of sp³-hybridized carbons (Fsp3) is 0.400. The number of aromatic nitrogens is 2. The lowest BCUT2D eigenvalue weighted by Crippen LogP contribution is -2.32. The predicted octanol–water partition coefficient (Wildman–Crippen LogP) is 6.55. The number of benzene rings is 1. The molecule has 26 heavy (non-hydrogen) atoms. The Morgan fingerprint density at radius 2 is 1.62 bits per heavy atom. The first kappa shape index (κ1) is 20.9. The van der Waals surface area contributed by atoms with Gasteiger partial charge >= 0.3 is 0 Å². The fourth-order valence-corrected chi connectivity index (χ4v) is 4.11. The zero-order chi connectivity index (χ0) is 18.0. The molecule has 0 N–H and O–H groups in total. The number of hydrogen-bond donors (Lipinski definition) is 0. The van der Waals surface area contributed by atoms with Gasteiger partial charge < -0.3 is 4.90 Å². The van der Waals surface area contributed by atoms with Gasteiger partial charge in [0.15, 0.2) is 0 Å². The van der Waals surface area contributed by atoms with Crippen molar-refractivity contribution in [1.29, 1.82) is 0 Å². The molecule has 3 rings (SSSR count). The van der Waals surface area contributed by atoms with Gasteiger partial charge in [-0.1, -0.05) is 51.4 Å². The van der Waals surface area contributed by atoms with Crippen LogP contribution in [0, 0.1) is 11.8 Å². The molecule has 0 unspecified atom stereocenters. The monoisotopic (exact) mass is 409 g/mol. The normalized spacial score (nSPS) is 11.2. The molecule has 0 aliphatic rings. The molecule has 3 nitrogen and oxygen atoms in total. The molecule has 0 radical (unpaired) electrons. The van der Waals surface area contributed by atoms with E-state index in [4.69, 9.17) is 11.6 Å². The first-order valence-corrected chi connectivity index (χ1v) is 9.94. The molecule has 1 aromatic carbocycles. The number of halogens is 2. The third-order valence-electron chi connectivity index (χ3n) is 3.98. The molecule has 0 fully saturated rings. The lowest BCUT2D eigenvalue weighted by Gasteiger charge is -2.28. The Hall–Kier alpha value is -1.36. The van der Waals surface area contributed by atoms with Crippen LogP contribution in [-0.2, 0) is 0 Å². The highest BCUT2D eigenvalue weighted by Gasteiger charge is 2.19. The first-order valence-electron chi connectivity index (χ1n) is 8.68. The van der Waals surface area contributed by atoms with Crippen molar-refractivity contribution in [3.8, 4) is 11.1 Å². The molecule has 6 heteroatoms. The average Bonchev–Trinajstić information content (AvgIpc) is 2.98. The van der Waals surface area contributed by atoms with Gasteiger partial charge in [0, 0.05) is 29.1 Å². The van der Waals surface area contributed by atoms with E-state index in [1.165, 1.54) is 5.56 Å². The van der Waals surface area contributed by atoms with Crippen LogP contribution in [0.1, 0.15) is 27.7 Å². The van der Waals surface area contributed by atoms with Crippen molar-refractivity contribution < 1.29 is 0 Å². The zero-order valence-electron chi connectivity index (χ0n) is 15.6. The minimum absolute atomic E-state index is 0. The van der Waals surface area contributed by atoms with E-state index in [9.17, 15) is 0 Å². The summed E-state index contributed by atoms with van der Waals surface area (Å²) in [5, 5.41) is 4.08. The summed E-state index contributed by atoms with van der Waals surface area (Å²) in [6.07, 6.45) is 1.69. The van der Waals surface area contributed by atoms with Gasteiger partial charge in [-0.2, -0.15) is 0 Å². The third-order valence-corrected chi connectivity index (χ3v) is 5.11. The summed E-state index contributed by atoms with van der Waals surface area (Å²) in [5.41, 5.74) is 2.34. The van der Waals surface area contributed by atoms with Crippen LogP contribution in [0.15, 0.2) is 36.0 Å². The van der Waals surface area contributed by atoms with Gasteiger partial charge in [0.25, 0.3) is 0 Å². The average molecular weight is 410 g/mol. The Bertz CT molecular complexity index is 834. The Kier molecular flexibility index (Phi) is 7.27. The number of rotatable bonds is 6. The summed E-state index contributed by atoms with van der Waals surface area (Å²) in [4.78, 5) is 12.6. The Morgan fingerprint density at radius 1 is 1.00 bits per heavy atom. The summed E-state index contributed by atoms with van der Waals surface area (Å²) < 4.78 is 0. The molecule has 0 aliphatic heterocycles. The van der Waals surface area contributed by atoms with E-state index in [1.807, 2.05) is 12.1 Å². The standard InChI is InChI=1S/C20H24ClN3S.ClH/c1-13(2)9-24(10-14(3)4)19-18-17(11-25-20(18)23-12-22-19)15-5-7-16(21)8-6-15;/h5-8,11-14H,9-10H2,1-4H3;1H. The smallest absolute Gasteiger partial charge is 0.141 e. The SMILES string of the molecule is CC(C)CN(CC(C)C)c1ncnc2scc(-c3ccc(Cl)cc3)c12.Cl. The van der Waals surface area contributed by atoms with Gasteiger partial charge in [0.2, 0.25) is 0 Å². The highest BCUT2D eigenvalue weighted by molar-refractivity contribution is 7.17. The maximum Gasteiger partial charge on any atom is 0.141 e. The Morgan fingerprint density at radius 3 is 2.19 bits per heavy atom. The molecule has 0 spiro atoms. The summed E-state index contributed by atoms with van der Waals surface area (Å²) >= 11 is 7.73. The van der Waals surface area contributed by atoms with Crippen LogP contribution >= 0.6 is 35.3 Å². The minimum Gasteiger partial charge on any atom is -0.355 e. The molecule has 0 saturated heterocycles. The molecular weight excluding hydrogens is 385 g/mol. The molecular formula is C20H25Cl2N3S. The lowest BCUT2D eigenvalue weighted by molar-refractivity contribution is 0.550. The highest BCUT2D eigenvalue weighted by atomic mass is 35.5. The molecule has 0 atom stereocenters. The number of anilines is 1. The van der Waals surface area contributed by atoms with Gasteiger partial charge in [-0.3, -0.25) is 0 Å². The largest absolute Gasteiger partial charge is 0.355 e. The van der Waals surface area contributed by atoms with Crippen molar-refractivity contribution in [3.63, 3.8) is 0 Å². The number of hydrogen-bond acceptors (Lipinski definition) is 4. The van der Waals surface area contributed by atoms with E-state index in [2.05, 4.69) is 60.1 Å². The molecule has 0 aliphatic carbocycles. The molecule has 3 aromatic rings. The van der Waals surface area contributed by atoms with Crippen molar-refractivity contribution in [1.82, 2.24) is 9.97 Å². The van der Waals surface area contributed by atoms with Gasteiger partial charge in [-0.05, 0) is 29.5 Å². The molecule has 2 heterocycles. The second-order valence-corrected chi connectivity index (χ2v) is 8.52. The Labute approximate surface area is 170 Å². The van der Waals surface area contributed by atoms with Gasteiger partial charge in [-0.25, -0.2) is 9.97 Å². The van der Waals surface area contributed by atoms with E-state index in [-0.39, 0.29) is 12.4 Å². The predicted molar refractivity (Wildman–Crippen MR) is 117 cm³/mol. The number of fused-ring (bicyclic) bond motifs is 1. The topological polar surface area (TPSA) is 29.0 Å². The molecule has 2 aromatic heterocycles. The van der Waals surface area contributed by atoms with Crippen LogP contribution in [-0.4, -0.2) is 23.1 Å². The summed E-state index contributed by atoms with van der Waals surface area (Å²) in [6, 6.07) is 8.00. The van der Waals surface area contributed by atoms with Crippen LogP contribution in [0.3, 0.4) is 0 Å². The minimum atomic E-state index is 0. The molecule has 0 bridgehead atoms. The third kappa shape index (κ3) is 4.67. The number of thiophene rings is 1. The van der Waals surface area contributed by atoms with E-state index < -0.39 is 0 Å². The van der Waals surface area contributed by atoms with E-state index >= 15 is 0 Å². The molecule has 0 saturated carbocycles. The zero-order valence-corrected chi connectivity index (χ0v) is 18.0. The fourth-order valence-electron chi connectivity index (χ4n) is 3.07. The van der Waals surface area contributed by atoms with Crippen LogP contribution in [0.4, 0.5) is 5.82 Å². The maximum absolute atomic E-state index is 6.06. The van der Waals surface area contributed by atoms with Gasteiger partial charge in [0.05, 0.1) is 5.39 Å². The van der Waals surface area contributed by atoms with Crippen molar-refractivity contribution in [3.05, 3.63) is 41.0 Å².